The van der Waals surface area contributed by atoms with Gasteiger partial charge in [0.15, 0.2) is 0 Å². The Hall–Kier alpha value is -2.16. The predicted octanol–water partition coefficient (Wildman–Crippen LogP) is 3.95. The molecule has 0 aromatic heterocycles. The van der Waals surface area contributed by atoms with E-state index in [2.05, 4.69) is 19.1 Å². The van der Waals surface area contributed by atoms with Gasteiger partial charge in [-0.1, -0.05) is 25.1 Å². The van der Waals surface area contributed by atoms with E-state index in [-0.39, 0.29) is 11.7 Å². The van der Waals surface area contributed by atoms with Crippen molar-refractivity contribution in [1.29, 1.82) is 0 Å². The maximum Gasteiger partial charge on any atom is 0.126 e. The topological polar surface area (TPSA) is 38.7 Å². The maximum atomic E-state index is 9.52. The maximum absolute atomic E-state index is 9.52. The van der Waals surface area contributed by atoms with Crippen LogP contribution in [0.5, 0.6) is 17.2 Å². The number of hydrogen-bond donors (Lipinski definition) is 1. The van der Waals surface area contributed by atoms with Gasteiger partial charge in [-0.2, -0.15) is 0 Å². The van der Waals surface area contributed by atoms with Crippen molar-refractivity contribution in [3.8, 4) is 17.2 Å². The smallest absolute Gasteiger partial charge is 0.126 e. The molecule has 1 N–H and O–H groups in total. The van der Waals surface area contributed by atoms with Crippen molar-refractivity contribution in [3.63, 3.8) is 0 Å². The fourth-order valence-corrected chi connectivity index (χ4v) is 2.26. The average molecular weight is 272 g/mol. The first-order valence-corrected chi connectivity index (χ1v) is 6.75. The molecule has 0 amide bonds. The Morgan fingerprint density at radius 1 is 1.10 bits per heavy atom. The number of hydrogen-bond acceptors (Lipinski definition) is 3. The van der Waals surface area contributed by atoms with Gasteiger partial charge in [-0.05, 0) is 30.7 Å². The second-order valence-corrected chi connectivity index (χ2v) is 4.65. The van der Waals surface area contributed by atoms with Gasteiger partial charge in [0.1, 0.15) is 17.2 Å². The largest absolute Gasteiger partial charge is 0.508 e. The van der Waals surface area contributed by atoms with Crippen molar-refractivity contribution in [1.82, 2.24) is 0 Å². The van der Waals surface area contributed by atoms with E-state index in [1.165, 1.54) is 5.56 Å². The van der Waals surface area contributed by atoms with E-state index in [4.69, 9.17) is 9.47 Å². The molecule has 2 rings (SSSR count). The summed E-state index contributed by atoms with van der Waals surface area (Å²) in [6, 6.07) is 13.3. The predicted molar refractivity (Wildman–Crippen MR) is 79.8 cm³/mol. The molecular weight excluding hydrogens is 252 g/mol. The molecule has 0 bridgehead atoms. The van der Waals surface area contributed by atoms with Gasteiger partial charge in [-0.3, -0.25) is 0 Å². The number of methoxy groups -OCH3 is 1. The molecule has 0 saturated heterocycles. The Labute approximate surface area is 119 Å². The van der Waals surface area contributed by atoms with E-state index in [0.717, 1.165) is 11.3 Å². The summed E-state index contributed by atoms with van der Waals surface area (Å²) in [4.78, 5) is 0. The monoisotopic (exact) mass is 272 g/mol. The summed E-state index contributed by atoms with van der Waals surface area (Å²) in [6.07, 6.45) is 0. The molecule has 1 atom stereocenters. The lowest BCUT2D eigenvalue weighted by Gasteiger charge is -2.17. The lowest BCUT2D eigenvalue weighted by molar-refractivity contribution is 0.340. The zero-order valence-corrected chi connectivity index (χ0v) is 12.1. The summed E-state index contributed by atoms with van der Waals surface area (Å²) in [7, 11) is 1.61. The van der Waals surface area contributed by atoms with Crippen LogP contribution in [0.25, 0.3) is 0 Å². The summed E-state index contributed by atoms with van der Waals surface area (Å²) >= 11 is 0. The quantitative estimate of drug-likeness (QED) is 0.895. The Morgan fingerprint density at radius 2 is 1.80 bits per heavy atom. The van der Waals surface area contributed by atoms with Crippen molar-refractivity contribution in [2.75, 3.05) is 13.7 Å². The first kappa shape index (κ1) is 14.3. The second-order valence-electron chi connectivity index (χ2n) is 4.65. The molecule has 3 nitrogen and oxygen atoms in total. The Balaban J connectivity index is 2.28. The van der Waals surface area contributed by atoms with Crippen LogP contribution in [0.2, 0.25) is 0 Å². The van der Waals surface area contributed by atoms with Crippen LogP contribution < -0.4 is 9.47 Å². The highest BCUT2D eigenvalue weighted by Gasteiger charge is 2.14. The number of aromatic hydroxyl groups is 1. The van der Waals surface area contributed by atoms with Crippen LogP contribution in [0.15, 0.2) is 42.5 Å². The molecular formula is C17H20O3. The standard InChI is InChI=1S/C17H20O3/c1-4-20-15-8-5-13(6-9-15)12(2)16-10-7-14(18)11-17(16)19-3/h5-12,18H,4H2,1-3H3. The highest BCUT2D eigenvalue weighted by molar-refractivity contribution is 5.46. The van der Waals surface area contributed by atoms with Gasteiger partial charge in [0, 0.05) is 17.5 Å². The number of ether oxygens (including phenoxy) is 2. The first-order valence-electron chi connectivity index (χ1n) is 6.75. The first-order chi connectivity index (χ1) is 9.65. The van der Waals surface area contributed by atoms with Crippen LogP contribution in [0.4, 0.5) is 0 Å². The minimum absolute atomic E-state index is 0.182. The van der Waals surface area contributed by atoms with Crippen molar-refractivity contribution >= 4 is 0 Å². The molecule has 1 unspecified atom stereocenters. The van der Waals surface area contributed by atoms with E-state index in [0.29, 0.717) is 12.4 Å². The average Bonchev–Trinajstić information content (AvgIpc) is 2.47. The van der Waals surface area contributed by atoms with Crippen LogP contribution in [-0.4, -0.2) is 18.8 Å². The van der Waals surface area contributed by atoms with Crippen LogP contribution in [0.1, 0.15) is 30.9 Å². The van der Waals surface area contributed by atoms with Gasteiger partial charge in [0.05, 0.1) is 13.7 Å². The molecule has 0 aliphatic rings. The molecule has 0 saturated carbocycles. The third-order valence-electron chi connectivity index (χ3n) is 3.37. The fraction of sp³-hybridized carbons (Fsp3) is 0.294. The minimum atomic E-state index is 0.182. The van der Waals surface area contributed by atoms with Crippen LogP contribution in [-0.2, 0) is 0 Å². The number of phenols is 1. The highest BCUT2D eigenvalue weighted by atomic mass is 16.5. The van der Waals surface area contributed by atoms with Crippen LogP contribution in [0, 0.1) is 0 Å². The van der Waals surface area contributed by atoms with Crippen molar-refractivity contribution in [2.45, 2.75) is 19.8 Å². The molecule has 2 aromatic carbocycles. The molecule has 106 valence electrons. The molecule has 20 heavy (non-hydrogen) atoms. The molecule has 0 aliphatic carbocycles. The molecule has 0 fully saturated rings. The van der Waals surface area contributed by atoms with Crippen molar-refractivity contribution in [3.05, 3.63) is 53.6 Å². The van der Waals surface area contributed by atoms with E-state index >= 15 is 0 Å². The third-order valence-corrected chi connectivity index (χ3v) is 3.37. The second kappa shape index (κ2) is 6.33. The van der Waals surface area contributed by atoms with Gasteiger partial charge in [0.2, 0.25) is 0 Å². The van der Waals surface area contributed by atoms with Gasteiger partial charge < -0.3 is 14.6 Å². The molecule has 0 spiro atoms. The number of benzene rings is 2. The van der Waals surface area contributed by atoms with Gasteiger partial charge >= 0.3 is 0 Å². The normalized spacial score (nSPS) is 11.9. The summed E-state index contributed by atoms with van der Waals surface area (Å²) in [6.45, 7) is 4.75. The highest BCUT2D eigenvalue weighted by Crippen LogP contribution is 2.34. The van der Waals surface area contributed by atoms with Crippen LogP contribution in [0.3, 0.4) is 0 Å². The number of phenolic OH excluding ortho intramolecular Hbond substituents is 1. The van der Waals surface area contributed by atoms with E-state index in [9.17, 15) is 5.11 Å². The van der Waals surface area contributed by atoms with Gasteiger partial charge in [-0.15, -0.1) is 0 Å². The fourth-order valence-electron chi connectivity index (χ4n) is 2.26. The zero-order chi connectivity index (χ0) is 14.5. The van der Waals surface area contributed by atoms with Crippen molar-refractivity contribution < 1.29 is 14.6 Å². The van der Waals surface area contributed by atoms with E-state index in [1.54, 1.807) is 19.2 Å². The van der Waals surface area contributed by atoms with Gasteiger partial charge in [0.25, 0.3) is 0 Å². The summed E-state index contributed by atoms with van der Waals surface area (Å²) in [5.74, 6) is 1.97. The Kier molecular flexibility index (Phi) is 4.51. The molecule has 2 aromatic rings. The molecule has 0 radical (unpaired) electrons. The third kappa shape index (κ3) is 3.05. The lowest BCUT2D eigenvalue weighted by atomic mass is 9.92. The van der Waals surface area contributed by atoms with E-state index < -0.39 is 0 Å². The van der Waals surface area contributed by atoms with Gasteiger partial charge in [-0.25, -0.2) is 0 Å². The minimum Gasteiger partial charge on any atom is -0.508 e. The SMILES string of the molecule is CCOc1ccc(C(C)c2ccc(O)cc2OC)cc1. The zero-order valence-electron chi connectivity index (χ0n) is 12.1. The number of rotatable bonds is 5. The Bertz CT molecular complexity index is 561. The van der Waals surface area contributed by atoms with Crippen LogP contribution >= 0.6 is 0 Å². The van der Waals surface area contributed by atoms with E-state index in [1.807, 2.05) is 25.1 Å². The molecule has 3 heteroatoms. The lowest BCUT2D eigenvalue weighted by Crippen LogP contribution is -2.00. The van der Waals surface area contributed by atoms with Crippen molar-refractivity contribution in [2.24, 2.45) is 0 Å². The summed E-state index contributed by atoms with van der Waals surface area (Å²) in [5.41, 5.74) is 2.23. The molecule has 0 heterocycles. The Morgan fingerprint density at radius 3 is 2.40 bits per heavy atom. The summed E-state index contributed by atoms with van der Waals surface area (Å²) < 4.78 is 10.8. The summed E-state index contributed by atoms with van der Waals surface area (Å²) in [5, 5.41) is 9.52. The molecule has 0 aliphatic heterocycles.